The molecule has 1 saturated heterocycles. The fourth-order valence-electron chi connectivity index (χ4n) is 2.84. The molecule has 118 valence electrons. The topological polar surface area (TPSA) is 58.2 Å². The van der Waals surface area contributed by atoms with Gasteiger partial charge in [0.15, 0.2) is 0 Å². The monoisotopic (exact) mass is 327 g/mol. The molecule has 3 heterocycles. The lowest BCUT2D eigenvalue weighted by molar-refractivity contribution is -0.0263. The minimum absolute atomic E-state index is 0.0720. The second-order valence-corrected chi connectivity index (χ2v) is 6.79. The maximum Gasteiger partial charge on any atom is 0.264 e. The van der Waals surface area contributed by atoms with Crippen molar-refractivity contribution in [1.29, 1.82) is 0 Å². The number of fused-ring (bicyclic) bond motifs is 1. The third kappa shape index (κ3) is 2.75. The second-order valence-electron chi connectivity index (χ2n) is 5.71. The van der Waals surface area contributed by atoms with E-state index < -0.39 is 0 Å². The molecule has 1 aromatic carbocycles. The smallest absolute Gasteiger partial charge is 0.264 e. The Labute approximate surface area is 137 Å². The minimum Gasteiger partial charge on any atom is -0.367 e. The number of ether oxygens (including phenoxy) is 1. The zero-order valence-corrected chi connectivity index (χ0v) is 13.6. The zero-order chi connectivity index (χ0) is 15.8. The van der Waals surface area contributed by atoms with Gasteiger partial charge in [0.05, 0.1) is 18.0 Å². The Kier molecular flexibility index (Phi) is 3.63. The highest BCUT2D eigenvalue weighted by Gasteiger charge is 2.28. The highest BCUT2D eigenvalue weighted by atomic mass is 32.1. The number of carbonyl (C=O) groups excluding carboxylic acids is 1. The third-order valence-corrected chi connectivity index (χ3v) is 5.12. The van der Waals surface area contributed by atoms with Crippen molar-refractivity contribution in [2.75, 3.05) is 19.7 Å². The standard InChI is InChI=1S/C17H17N3O2S/c1-11-9-18-16(19-11)13-10-20(6-7-22-13)17(21)15-8-12-4-2-3-5-14(12)23-15/h2-5,8-9,13H,6-7,10H2,1H3,(H,18,19). The molecule has 1 amide bonds. The van der Waals surface area contributed by atoms with Gasteiger partial charge in [-0.25, -0.2) is 4.98 Å². The summed E-state index contributed by atoms with van der Waals surface area (Å²) in [6.45, 7) is 3.63. The zero-order valence-electron chi connectivity index (χ0n) is 12.8. The van der Waals surface area contributed by atoms with Crippen LogP contribution in [0.5, 0.6) is 0 Å². The molecule has 5 nitrogen and oxygen atoms in total. The lowest BCUT2D eigenvalue weighted by atomic mass is 10.2. The SMILES string of the molecule is Cc1cnc(C2CN(C(=O)c3cc4ccccc4s3)CCO2)[nH]1. The lowest BCUT2D eigenvalue weighted by Gasteiger charge is -2.31. The molecular weight excluding hydrogens is 310 g/mol. The van der Waals surface area contributed by atoms with E-state index in [1.165, 1.54) is 0 Å². The molecule has 0 saturated carbocycles. The molecule has 0 radical (unpaired) electrons. The van der Waals surface area contributed by atoms with Gasteiger partial charge in [-0.05, 0) is 24.4 Å². The van der Waals surface area contributed by atoms with E-state index in [-0.39, 0.29) is 12.0 Å². The van der Waals surface area contributed by atoms with Gasteiger partial charge in [0.25, 0.3) is 5.91 Å². The predicted octanol–water partition coefficient (Wildman–Crippen LogP) is 3.15. The Morgan fingerprint density at radius 3 is 3.09 bits per heavy atom. The highest BCUT2D eigenvalue weighted by molar-refractivity contribution is 7.20. The van der Waals surface area contributed by atoms with Crippen LogP contribution in [0.1, 0.15) is 27.3 Å². The van der Waals surface area contributed by atoms with Crippen LogP contribution in [0.3, 0.4) is 0 Å². The van der Waals surface area contributed by atoms with E-state index in [9.17, 15) is 4.79 Å². The fourth-order valence-corrected chi connectivity index (χ4v) is 3.87. The maximum absolute atomic E-state index is 12.8. The number of benzene rings is 1. The van der Waals surface area contributed by atoms with Crippen LogP contribution in [-0.2, 0) is 4.74 Å². The molecule has 6 heteroatoms. The van der Waals surface area contributed by atoms with Crippen molar-refractivity contribution in [3.05, 3.63) is 52.9 Å². The molecule has 2 aromatic heterocycles. The van der Waals surface area contributed by atoms with E-state index in [0.717, 1.165) is 26.5 Å². The molecule has 1 N–H and O–H groups in total. The summed E-state index contributed by atoms with van der Waals surface area (Å²) in [6.07, 6.45) is 1.60. The number of H-pyrrole nitrogens is 1. The van der Waals surface area contributed by atoms with E-state index in [1.54, 1.807) is 17.5 Å². The highest BCUT2D eigenvalue weighted by Crippen LogP contribution is 2.28. The van der Waals surface area contributed by atoms with Gasteiger partial charge in [0.1, 0.15) is 11.9 Å². The molecule has 1 aliphatic rings. The summed E-state index contributed by atoms with van der Waals surface area (Å²) in [4.78, 5) is 23.0. The summed E-state index contributed by atoms with van der Waals surface area (Å²) in [7, 11) is 0. The molecule has 0 bridgehead atoms. The van der Waals surface area contributed by atoms with Crippen LogP contribution in [0.25, 0.3) is 10.1 Å². The van der Waals surface area contributed by atoms with Crippen molar-refractivity contribution >= 4 is 27.3 Å². The van der Waals surface area contributed by atoms with Gasteiger partial charge < -0.3 is 14.6 Å². The number of morpholine rings is 1. The predicted molar refractivity (Wildman–Crippen MR) is 89.7 cm³/mol. The number of amides is 1. The first-order valence-electron chi connectivity index (χ1n) is 7.61. The largest absolute Gasteiger partial charge is 0.367 e. The lowest BCUT2D eigenvalue weighted by Crippen LogP contribution is -2.42. The normalized spacial score (nSPS) is 18.5. The molecule has 1 atom stereocenters. The number of rotatable bonds is 2. The Morgan fingerprint density at radius 1 is 1.43 bits per heavy atom. The van der Waals surface area contributed by atoms with Crippen LogP contribution in [0.2, 0.25) is 0 Å². The summed E-state index contributed by atoms with van der Waals surface area (Å²) in [5.41, 5.74) is 0.997. The quantitative estimate of drug-likeness (QED) is 0.786. The molecule has 23 heavy (non-hydrogen) atoms. The number of nitrogens with one attached hydrogen (secondary N) is 1. The van der Waals surface area contributed by atoms with Gasteiger partial charge in [-0.2, -0.15) is 0 Å². The molecule has 4 rings (SSSR count). The average Bonchev–Trinajstić information content (AvgIpc) is 3.20. The van der Waals surface area contributed by atoms with Gasteiger partial charge in [0, 0.05) is 23.1 Å². The van der Waals surface area contributed by atoms with Crippen molar-refractivity contribution in [2.24, 2.45) is 0 Å². The van der Waals surface area contributed by atoms with Crippen LogP contribution in [0, 0.1) is 6.92 Å². The number of aromatic amines is 1. The van der Waals surface area contributed by atoms with Gasteiger partial charge in [-0.1, -0.05) is 18.2 Å². The Balaban J connectivity index is 1.55. The van der Waals surface area contributed by atoms with Crippen molar-refractivity contribution in [1.82, 2.24) is 14.9 Å². The average molecular weight is 327 g/mol. The number of imidazole rings is 1. The number of nitrogens with zero attached hydrogens (tertiary/aromatic N) is 2. The first-order valence-corrected chi connectivity index (χ1v) is 8.43. The molecule has 1 unspecified atom stereocenters. The third-order valence-electron chi connectivity index (χ3n) is 4.02. The van der Waals surface area contributed by atoms with Crippen LogP contribution in [0.15, 0.2) is 36.5 Å². The van der Waals surface area contributed by atoms with Gasteiger partial charge in [-0.3, -0.25) is 4.79 Å². The number of thiophene rings is 1. The van der Waals surface area contributed by atoms with Crippen molar-refractivity contribution in [3.8, 4) is 0 Å². The van der Waals surface area contributed by atoms with E-state index >= 15 is 0 Å². The van der Waals surface area contributed by atoms with Crippen molar-refractivity contribution < 1.29 is 9.53 Å². The number of aromatic nitrogens is 2. The van der Waals surface area contributed by atoms with E-state index in [0.29, 0.717) is 19.7 Å². The molecule has 0 aliphatic carbocycles. The van der Waals surface area contributed by atoms with E-state index in [4.69, 9.17) is 4.74 Å². The van der Waals surface area contributed by atoms with Gasteiger partial charge >= 0.3 is 0 Å². The molecule has 3 aromatic rings. The van der Waals surface area contributed by atoms with Crippen LogP contribution < -0.4 is 0 Å². The van der Waals surface area contributed by atoms with Gasteiger partial charge in [0.2, 0.25) is 0 Å². The van der Waals surface area contributed by atoms with Crippen LogP contribution >= 0.6 is 11.3 Å². The second kappa shape index (κ2) is 5.79. The van der Waals surface area contributed by atoms with Crippen molar-refractivity contribution in [2.45, 2.75) is 13.0 Å². The first kappa shape index (κ1) is 14.4. The molecule has 1 aliphatic heterocycles. The Morgan fingerprint density at radius 2 is 2.30 bits per heavy atom. The van der Waals surface area contributed by atoms with E-state index in [2.05, 4.69) is 9.97 Å². The molecule has 1 fully saturated rings. The minimum atomic E-state index is -0.184. The molecular formula is C17H17N3O2S. The van der Waals surface area contributed by atoms with Crippen LogP contribution in [-0.4, -0.2) is 40.5 Å². The van der Waals surface area contributed by atoms with E-state index in [1.807, 2.05) is 42.2 Å². The Bertz CT molecular complexity index is 821. The summed E-state index contributed by atoms with van der Waals surface area (Å²) in [5.74, 6) is 0.860. The summed E-state index contributed by atoms with van der Waals surface area (Å²) in [5, 5.41) is 1.12. The first-order chi connectivity index (χ1) is 11.2. The number of carbonyl (C=O) groups is 1. The fraction of sp³-hybridized carbons (Fsp3) is 0.294. The number of hydrogen-bond donors (Lipinski definition) is 1. The van der Waals surface area contributed by atoms with Gasteiger partial charge in [-0.15, -0.1) is 11.3 Å². The summed E-state index contributed by atoms with van der Waals surface area (Å²) in [6, 6.07) is 10.1. The summed E-state index contributed by atoms with van der Waals surface area (Å²) >= 11 is 1.54. The van der Waals surface area contributed by atoms with Crippen LogP contribution in [0.4, 0.5) is 0 Å². The Hall–Kier alpha value is -2.18. The number of aryl methyl sites for hydroxylation is 1. The number of hydrogen-bond acceptors (Lipinski definition) is 4. The maximum atomic E-state index is 12.8. The molecule has 0 spiro atoms. The van der Waals surface area contributed by atoms with Crippen molar-refractivity contribution in [3.63, 3.8) is 0 Å². The summed E-state index contributed by atoms with van der Waals surface area (Å²) < 4.78 is 6.91.